The maximum absolute atomic E-state index is 11.9. The summed E-state index contributed by atoms with van der Waals surface area (Å²) in [7, 11) is 0. The van der Waals surface area contributed by atoms with Gasteiger partial charge in [-0.2, -0.15) is 5.10 Å². The molecule has 1 heterocycles. The molecular formula is C12H13BrN2O. The number of aryl methyl sites for hydroxylation is 1. The lowest BCUT2D eigenvalue weighted by molar-refractivity contribution is 0.535. The second-order valence-corrected chi connectivity index (χ2v) is 5.03. The van der Waals surface area contributed by atoms with Gasteiger partial charge in [0.25, 0.3) is 0 Å². The minimum Gasteiger partial charge on any atom is -0.287 e. The largest absolute Gasteiger partial charge is 0.287 e. The molecule has 0 N–H and O–H groups in total. The second-order valence-electron chi connectivity index (χ2n) is 4.11. The Balaban J connectivity index is 2.96. The molecule has 0 unspecified atom stereocenters. The molecule has 2 rings (SSSR count). The molecule has 0 spiro atoms. The summed E-state index contributed by atoms with van der Waals surface area (Å²) in [6.07, 6.45) is 0. The summed E-state index contributed by atoms with van der Waals surface area (Å²) in [5, 5.41) is 5.05. The van der Waals surface area contributed by atoms with E-state index >= 15 is 0 Å². The van der Waals surface area contributed by atoms with Crippen LogP contribution in [0.3, 0.4) is 0 Å². The Hall–Kier alpha value is -1.16. The molecule has 4 heteroatoms. The van der Waals surface area contributed by atoms with E-state index in [0.717, 1.165) is 15.4 Å². The van der Waals surface area contributed by atoms with Crippen molar-refractivity contribution in [3.8, 4) is 0 Å². The topological polar surface area (TPSA) is 34.9 Å². The molecule has 1 aromatic heterocycles. The van der Waals surface area contributed by atoms with E-state index in [1.165, 1.54) is 0 Å². The van der Waals surface area contributed by atoms with Crippen molar-refractivity contribution in [1.82, 2.24) is 9.78 Å². The standard InChI is InChI=1S/C12H13BrN2O/c1-7(2)15-11-6-9(13)4-5-10(11)12(16)8(3)14-15/h4-7H,1-3H3. The van der Waals surface area contributed by atoms with Gasteiger partial charge in [0, 0.05) is 15.9 Å². The Morgan fingerprint density at radius 2 is 2.06 bits per heavy atom. The molecule has 2 aromatic rings. The van der Waals surface area contributed by atoms with E-state index < -0.39 is 0 Å². The maximum Gasteiger partial charge on any atom is 0.210 e. The Bertz CT molecular complexity index is 602. The Kier molecular flexibility index (Phi) is 2.84. The molecule has 0 saturated heterocycles. The first-order chi connectivity index (χ1) is 7.50. The number of hydrogen-bond donors (Lipinski definition) is 0. The van der Waals surface area contributed by atoms with Crippen LogP contribution in [0.5, 0.6) is 0 Å². The van der Waals surface area contributed by atoms with Crippen molar-refractivity contribution >= 4 is 26.8 Å². The monoisotopic (exact) mass is 280 g/mol. The maximum atomic E-state index is 11.9. The fourth-order valence-corrected chi connectivity index (χ4v) is 2.08. The van der Waals surface area contributed by atoms with Gasteiger partial charge in [0.15, 0.2) is 0 Å². The number of rotatable bonds is 1. The quantitative estimate of drug-likeness (QED) is 0.805. The van der Waals surface area contributed by atoms with Crippen LogP contribution in [0.1, 0.15) is 25.6 Å². The molecule has 0 aliphatic heterocycles. The molecule has 0 amide bonds. The molecule has 0 bridgehead atoms. The molecule has 3 nitrogen and oxygen atoms in total. The zero-order valence-electron chi connectivity index (χ0n) is 9.49. The molecule has 0 aliphatic carbocycles. The van der Waals surface area contributed by atoms with Crippen molar-refractivity contribution < 1.29 is 0 Å². The van der Waals surface area contributed by atoms with Crippen LogP contribution < -0.4 is 5.43 Å². The van der Waals surface area contributed by atoms with Crippen LogP contribution in [0.25, 0.3) is 10.9 Å². The minimum atomic E-state index is 0.0133. The summed E-state index contributed by atoms with van der Waals surface area (Å²) in [6, 6.07) is 5.89. The van der Waals surface area contributed by atoms with E-state index in [1.54, 1.807) is 6.92 Å². The molecule has 0 atom stereocenters. The first-order valence-corrected chi connectivity index (χ1v) is 5.98. The van der Waals surface area contributed by atoms with Gasteiger partial charge in [-0.3, -0.25) is 9.48 Å². The van der Waals surface area contributed by atoms with Gasteiger partial charge in [-0.25, -0.2) is 0 Å². The van der Waals surface area contributed by atoms with E-state index in [1.807, 2.05) is 22.9 Å². The van der Waals surface area contributed by atoms with Crippen LogP contribution in [-0.4, -0.2) is 9.78 Å². The Morgan fingerprint density at radius 1 is 1.38 bits per heavy atom. The third-order valence-electron chi connectivity index (χ3n) is 2.53. The van der Waals surface area contributed by atoms with E-state index in [4.69, 9.17) is 0 Å². The van der Waals surface area contributed by atoms with Gasteiger partial charge in [-0.15, -0.1) is 0 Å². The molecule has 0 radical (unpaired) electrons. The summed E-state index contributed by atoms with van der Waals surface area (Å²) in [5.41, 5.74) is 1.43. The highest BCUT2D eigenvalue weighted by molar-refractivity contribution is 9.10. The smallest absolute Gasteiger partial charge is 0.210 e. The Morgan fingerprint density at radius 3 is 2.69 bits per heavy atom. The number of fused-ring (bicyclic) bond motifs is 1. The number of halogens is 1. The van der Waals surface area contributed by atoms with Gasteiger partial charge in [0.2, 0.25) is 5.43 Å². The van der Waals surface area contributed by atoms with Crippen molar-refractivity contribution in [2.24, 2.45) is 0 Å². The molecule has 84 valence electrons. The van der Waals surface area contributed by atoms with Gasteiger partial charge in [0.1, 0.15) is 5.69 Å². The van der Waals surface area contributed by atoms with Crippen LogP contribution in [0.2, 0.25) is 0 Å². The Labute approximate surface area is 102 Å². The van der Waals surface area contributed by atoms with Gasteiger partial charge in [-0.05, 0) is 39.0 Å². The van der Waals surface area contributed by atoms with Crippen LogP contribution in [-0.2, 0) is 0 Å². The van der Waals surface area contributed by atoms with Gasteiger partial charge in [0.05, 0.1) is 5.52 Å². The fraction of sp³-hybridized carbons (Fsp3) is 0.333. The van der Waals surface area contributed by atoms with Crippen LogP contribution >= 0.6 is 15.9 Å². The van der Waals surface area contributed by atoms with Crippen LogP contribution in [0.15, 0.2) is 27.5 Å². The van der Waals surface area contributed by atoms with Gasteiger partial charge in [-0.1, -0.05) is 15.9 Å². The van der Waals surface area contributed by atoms with Crippen molar-refractivity contribution in [1.29, 1.82) is 0 Å². The highest BCUT2D eigenvalue weighted by atomic mass is 79.9. The molecular weight excluding hydrogens is 268 g/mol. The molecule has 0 saturated carbocycles. The lowest BCUT2D eigenvalue weighted by atomic mass is 10.2. The normalized spacial score (nSPS) is 11.3. The number of benzene rings is 1. The second kappa shape index (κ2) is 4.01. The highest BCUT2D eigenvalue weighted by Gasteiger charge is 2.09. The molecule has 0 aliphatic rings. The zero-order valence-corrected chi connectivity index (χ0v) is 11.1. The van der Waals surface area contributed by atoms with E-state index in [-0.39, 0.29) is 11.5 Å². The van der Waals surface area contributed by atoms with Crippen molar-refractivity contribution in [2.75, 3.05) is 0 Å². The summed E-state index contributed by atoms with van der Waals surface area (Å²) in [5.74, 6) is 0. The SMILES string of the molecule is Cc1nn(C(C)C)c2cc(Br)ccc2c1=O. The van der Waals surface area contributed by atoms with Gasteiger partial charge < -0.3 is 0 Å². The molecule has 0 fully saturated rings. The zero-order chi connectivity index (χ0) is 11.9. The molecule has 1 aromatic carbocycles. The van der Waals surface area contributed by atoms with Crippen molar-refractivity contribution in [3.05, 3.63) is 38.6 Å². The van der Waals surface area contributed by atoms with E-state index in [2.05, 4.69) is 34.9 Å². The third kappa shape index (κ3) is 1.78. The lowest BCUT2D eigenvalue weighted by Gasteiger charge is -2.14. The number of hydrogen-bond acceptors (Lipinski definition) is 2. The summed E-state index contributed by atoms with van der Waals surface area (Å²) >= 11 is 3.42. The predicted molar refractivity (Wildman–Crippen MR) is 68.8 cm³/mol. The summed E-state index contributed by atoms with van der Waals surface area (Å²) in [6.45, 7) is 5.86. The molecule has 16 heavy (non-hydrogen) atoms. The van der Waals surface area contributed by atoms with Crippen molar-refractivity contribution in [2.45, 2.75) is 26.8 Å². The number of nitrogens with zero attached hydrogens (tertiary/aromatic N) is 2. The highest BCUT2D eigenvalue weighted by Crippen LogP contribution is 2.19. The van der Waals surface area contributed by atoms with E-state index in [9.17, 15) is 4.79 Å². The van der Waals surface area contributed by atoms with Crippen molar-refractivity contribution in [3.63, 3.8) is 0 Å². The predicted octanol–water partition coefficient (Wildman–Crippen LogP) is 3.05. The fourth-order valence-electron chi connectivity index (χ4n) is 1.74. The van der Waals surface area contributed by atoms with Crippen LogP contribution in [0, 0.1) is 6.92 Å². The van der Waals surface area contributed by atoms with Gasteiger partial charge >= 0.3 is 0 Å². The first kappa shape index (κ1) is 11.3. The third-order valence-corrected chi connectivity index (χ3v) is 3.02. The summed E-state index contributed by atoms with van der Waals surface area (Å²) < 4.78 is 2.84. The lowest BCUT2D eigenvalue weighted by Crippen LogP contribution is -2.18. The van der Waals surface area contributed by atoms with Crippen LogP contribution in [0.4, 0.5) is 0 Å². The van der Waals surface area contributed by atoms with E-state index in [0.29, 0.717) is 5.69 Å². The minimum absolute atomic E-state index is 0.0133. The summed E-state index contributed by atoms with van der Waals surface area (Å²) in [4.78, 5) is 11.9. The first-order valence-electron chi connectivity index (χ1n) is 5.19. The average molecular weight is 281 g/mol. The number of aromatic nitrogens is 2. The average Bonchev–Trinajstić information content (AvgIpc) is 2.22.